The molecule has 1 aromatic carbocycles. The minimum atomic E-state index is -3.56. The lowest BCUT2D eigenvalue weighted by molar-refractivity contribution is -0.131. The Labute approximate surface area is 129 Å². The Morgan fingerprint density at radius 1 is 1.33 bits per heavy atom. The summed E-state index contributed by atoms with van der Waals surface area (Å²) in [5.41, 5.74) is 0.626. The molecule has 0 aliphatic rings. The summed E-state index contributed by atoms with van der Waals surface area (Å²) >= 11 is 1.58. The van der Waals surface area contributed by atoms with Gasteiger partial charge in [-0.2, -0.15) is 11.8 Å². The lowest BCUT2D eigenvalue weighted by atomic mass is 10.2. The van der Waals surface area contributed by atoms with E-state index < -0.39 is 16.0 Å². The van der Waals surface area contributed by atoms with Crippen molar-refractivity contribution in [2.24, 2.45) is 0 Å². The number of nitrogens with one attached hydrogen (secondary N) is 1. The van der Waals surface area contributed by atoms with E-state index in [1.807, 2.05) is 20.1 Å². The second kappa shape index (κ2) is 7.11. The zero-order chi connectivity index (χ0) is 16.1. The lowest BCUT2D eigenvalue weighted by Gasteiger charge is -2.22. The summed E-state index contributed by atoms with van der Waals surface area (Å²) in [4.78, 5) is 10.6. The molecule has 0 aliphatic carbocycles. The number of carboxylic acids is 1. The number of benzene rings is 1. The van der Waals surface area contributed by atoms with Crippen LogP contribution >= 0.6 is 11.8 Å². The van der Waals surface area contributed by atoms with Gasteiger partial charge in [-0.1, -0.05) is 12.1 Å². The summed E-state index contributed by atoms with van der Waals surface area (Å²) in [6.45, 7) is 4.25. The smallest absolute Gasteiger partial charge is 0.328 e. The highest BCUT2D eigenvalue weighted by Gasteiger charge is 2.21. The third kappa shape index (κ3) is 5.91. The molecule has 0 radical (unpaired) electrons. The van der Waals surface area contributed by atoms with Crippen molar-refractivity contribution in [3.63, 3.8) is 0 Å². The number of rotatable bonds is 7. The van der Waals surface area contributed by atoms with Crippen molar-refractivity contribution in [1.29, 1.82) is 0 Å². The average Bonchev–Trinajstić information content (AvgIpc) is 2.44. The first-order valence-electron chi connectivity index (χ1n) is 6.22. The van der Waals surface area contributed by atoms with Crippen LogP contribution in [0.5, 0.6) is 0 Å². The molecule has 0 saturated carbocycles. The third-order valence-electron chi connectivity index (χ3n) is 2.85. The maximum absolute atomic E-state index is 12.1. The molecular formula is C14H19NO4S2. The molecule has 0 bridgehead atoms. The summed E-state index contributed by atoms with van der Waals surface area (Å²) in [5.74, 6) is -1.05. The predicted octanol–water partition coefficient (Wildman–Crippen LogP) is 2.20. The molecule has 0 unspecified atom stereocenters. The molecule has 116 valence electrons. The molecule has 0 aromatic heterocycles. The molecule has 0 saturated heterocycles. The first kappa shape index (κ1) is 17.7. The van der Waals surface area contributed by atoms with Gasteiger partial charge >= 0.3 is 5.97 Å². The van der Waals surface area contributed by atoms with Crippen LogP contribution in [0.15, 0.2) is 35.2 Å². The lowest BCUT2D eigenvalue weighted by Crippen LogP contribution is -2.36. The average molecular weight is 329 g/mol. The molecule has 1 aromatic rings. The first-order chi connectivity index (χ1) is 9.66. The maximum Gasteiger partial charge on any atom is 0.328 e. The molecular weight excluding hydrogens is 310 g/mol. The van der Waals surface area contributed by atoms with E-state index in [2.05, 4.69) is 4.72 Å². The van der Waals surface area contributed by atoms with E-state index in [1.165, 1.54) is 18.2 Å². The fraction of sp³-hybridized carbons (Fsp3) is 0.357. The van der Waals surface area contributed by atoms with Crippen LogP contribution < -0.4 is 4.72 Å². The van der Waals surface area contributed by atoms with Crippen molar-refractivity contribution in [2.75, 3.05) is 12.8 Å². The van der Waals surface area contributed by atoms with E-state index in [-0.39, 0.29) is 9.64 Å². The van der Waals surface area contributed by atoms with Crippen molar-refractivity contribution >= 4 is 33.8 Å². The number of carbonyl (C=O) groups is 1. The Hall–Kier alpha value is -1.31. The van der Waals surface area contributed by atoms with Crippen LogP contribution in [0.1, 0.15) is 19.4 Å². The van der Waals surface area contributed by atoms with Gasteiger partial charge in [0.05, 0.1) is 4.90 Å². The Kier molecular flexibility index (Phi) is 6.00. The molecule has 7 heteroatoms. The van der Waals surface area contributed by atoms with Crippen molar-refractivity contribution in [1.82, 2.24) is 4.72 Å². The molecule has 0 spiro atoms. The second-order valence-electron chi connectivity index (χ2n) is 5.03. The number of hydrogen-bond donors (Lipinski definition) is 2. The van der Waals surface area contributed by atoms with E-state index in [0.717, 1.165) is 6.08 Å². The first-order valence-corrected chi connectivity index (χ1v) is 8.93. The van der Waals surface area contributed by atoms with Crippen LogP contribution in [0.2, 0.25) is 0 Å². The number of hydrogen-bond acceptors (Lipinski definition) is 4. The van der Waals surface area contributed by atoms with Crippen molar-refractivity contribution in [3.8, 4) is 0 Å². The van der Waals surface area contributed by atoms with Crippen LogP contribution in [0.25, 0.3) is 6.08 Å². The SMILES string of the molecule is CSC(C)(C)CNS(=O)(=O)c1ccc(/C=C/C(=O)O)cc1. The molecule has 0 aliphatic heterocycles. The standard InChI is InChI=1S/C14H19NO4S2/c1-14(2,20-3)10-15-21(18,19)12-7-4-11(5-8-12)6-9-13(16)17/h4-9,15H,10H2,1-3H3,(H,16,17)/b9-6+. The maximum atomic E-state index is 12.1. The molecule has 0 heterocycles. The molecule has 21 heavy (non-hydrogen) atoms. The Morgan fingerprint density at radius 3 is 2.38 bits per heavy atom. The zero-order valence-electron chi connectivity index (χ0n) is 12.2. The van der Waals surface area contributed by atoms with Gasteiger partial charge in [0, 0.05) is 17.4 Å². The highest BCUT2D eigenvalue weighted by Crippen LogP contribution is 2.21. The Bertz CT molecular complexity index is 619. The molecule has 1 rings (SSSR count). The highest BCUT2D eigenvalue weighted by atomic mass is 32.2. The van der Waals surface area contributed by atoms with E-state index >= 15 is 0 Å². The molecule has 5 nitrogen and oxygen atoms in total. The monoisotopic (exact) mass is 329 g/mol. The number of thioether (sulfide) groups is 1. The summed E-state index contributed by atoms with van der Waals surface area (Å²) in [5, 5.41) is 8.53. The number of carboxylic acid groups (broad SMARTS) is 1. The van der Waals surface area contributed by atoms with E-state index in [1.54, 1.807) is 23.9 Å². The summed E-state index contributed by atoms with van der Waals surface area (Å²) in [6, 6.07) is 6.04. The van der Waals surface area contributed by atoms with Crippen LogP contribution in [0, 0.1) is 0 Å². The fourth-order valence-corrected chi connectivity index (χ4v) is 2.87. The fourth-order valence-electron chi connectivity index (χ4n) is 1.35. The van der Waals surface area contributed by atoms with Gasteiger partial charge < -0.3 is 5.11 Å². The number of aliphatic carboxylic acids is 1. The summed E-state index contributed by atoms with van der Waals surface area (Å²) in [6.07, 6.45) is 4.34. The molecule has 0 fully saturated rings. The normalized spacial score (nSPS) is 12.7. The van der Waals surface area contributed by atoms with Crippen LogP contribution in [-0.2, 0) is 14.8 Å². The molecule has 2 N–H and O–H groups in total. The minimum Gasteiger partial charge on any atom is -0.478 e. The highest BCUT2D eigenvalue weighted by molar-refractivity contribution is 8.00. The van der Waals surface area contributed by atoms with Gasteiger partial charge in [0.25, 0.3) is 0 Å². The minimum absolute atomic E-state index is 0.159. The zero-order valence-corrected chi connectivity index (χ0v) is 13.8. The van der Waals surface area contributed by atoms with Gasteiger partial charge in [-0.3, -0.25) is 0 Å². The van der Waals surface area contributed by atoms with Gasteiger partial charge in [0.2, 0.25) is 10.0 Å². The largest absolute Gasteiger partial charge is 0.478 e. The van der Waals surface area contributed by atoms with Gasteiger partial charge in [-0.05, 0) is 43.9 Å². The quantitative estimate of drug-likeness (QED) is 0.749. The Morgan fingerprint density at radius 2 is 1.90 bits per heavy atom. The summed E-state index contributed by atoms with van der Waals surface area (Å²) < 4.78 is 26.7. The van der Waals surface area contributed by atoms with Crippen molar-refractivity contribution in [3.05, 3.63) is 35.9 Å². The van der Waals surface area contributed by atoms with E-state index in [0.29, 0.717) is 12.1 Å². The van der Waals surface area contributed by atoms with E-state index in [9.17, 15) is 13.2 Å². The van der Waals surface area contributed by atoms with Crippen LogP contribution in [-0.4, -0.2) is 37.0 Å². The van der Waals surface area contributed by atoms with Crippen molar-refractivity contribution < 1.29 is 18.3 Å². The number of sulfonamides is 1. The van der Waals surface area contributed by atoms with Gasteiger partial charge in [0.15, 0.2) is 0 Å². The van der Waals surface area contributed by atoms with Gasteiger partial charge in [-0.25, -0.2) is 17.9 Å². The summed E-state index contributed by atoms with van der Waals surface area (Å²) in [7, 11) is -3.56. The van der Waals surface area contributed by atoms with Crippen molar-refractivity contribution in [2.45, 2.75) is 23.5 Å². The van der Waals surface area contributed by atoms with Gasteiger partial charge in [-0.15, -0.1) is 0 Å². The predicted molar refractivity (Wildman–Crippen MR) is 85.9 cm³/mol. The van der Waals surface area contributed by atoms with Crippen LogP contribution in [0.4, 0.5) is 0 Å². The van der Waals surface area contributed by atoms with Crippen LogP contribution in [0.3, 0.4) is 0 Å². The van der Waals surface area contributed by atoms with E-state index in [4.69, 9.17) is 5.11 Å². The topological polar surface area (TPSA) is 83.5 Å². The Balaban J connectivity index is 2.83. The molecule has 0 amide bonds. The molecule has 0 atom stereocenters. The second-order valence-corrected chi connectivity index (χ2v) is 8.31. The van der Waals surface area contributed by atoms with Gasteiger partial charge in [0.1, 0.15) is 0 Å². The third-order valence-corrected chi connectivity index (χ3v) is 5.52.